The average Bonchev–Trinajstić information content (AvgIpc) is 2.82. The summed E-state index contributed by atoms with van der Waals surface area (Å²) >= 11 is 3.22. The second-order valence-corrected chi connectivity index (χ2v) is 8.48. The van der Waals surface area contributed by atoms with Crippen molar-refractivity contribution in [1.29, 1.82) is 0 Å². The van der Waals surface area contributed by atoms with Crippen LogP contribution in [0, 0.1) is 23.7 Å². The van der Waals surface area contributed by atoms with Gasteiger partial charge in [0, 0.05) is 12.5 Å². The van der Waals surface area contributed by atoms with Crippen LogP contribution in [0.1, 0.15) is 42.3 Å². The number of hydrogen-bond acceptors (Lipinski definition) is 5. The highest BCUT2D eigenvalue weighted by atomic mass is 32.2. The van der Waals surface area contributed by atoms with Crippen LogP contribution in [0.3, 0.4) is 0 Å². The summed E-state index contributed by atoms with van der Waals surface area (Å²) in [5.74, 6) is 3.88. The molecule has 0 radical (unpaired) electrons. The quantitative estimate of drug-likeness (QED) is 0.633. The van der Waals surface area contributed by atoms with Gasteiger partial charge in [0.05, 0.1) is 15.5 Å². The van der Waals surface area contributed by atoms with Crippen LogP contribution in [0.2, 0.25) is 0 Å². The number of hydrogen-bond donors (Lipinski definition) is 2. The Kier molecular flexibility index (Phi) is 3.26. The number of Topliss-reactive ketones (excluding diaryl/α,β-unsaturated/α-hetero) is 1. The summed E-state index contributed by atoms with van der Waals surface area (Å²) in [5.41, 5.74) is 6.89. The minimum absolute atomic E-state index is 0.164. The highest BCUT2D eigenvalue weighted by Crippen LogP contribution is 2.66. The Morgan fingerprint density at radius 2 is 2.05 bits per heavy atom. The minimum Gasteiger partial charge on any atom is -0.396 e. The van der Waals surface area contributed by atoms with Crippen molar-refractivity contribution in [2.24, 2.45) is 23.7 Å². The van der Waals surface area contributed by atoms with Gasteiger partial charge in [0.2, 0.25) is 0 Å². The van der Waals surface area contributed by atoms with Gasteiger partial charge in [0.25, 0.3) is 0 Å². The molecule has 3 fully saturated rings. The number of ketones is 1. The van der Waals surface area contributed by atoms with Crippen molar-refractivity contribution in [3.63, 3.8) is 0 Å². The Hall–Kier alpha value is -0.680. The van der Waals surface area contributed by atoms with E-state index in [1.165, 1.54) is 19.3 Å². The van der Waals surface area contributed by atoms with E-state index in [2.05, 4.69) is 5.32 Å². The maximum absolute atomic E-state index is 12.0. The summed E-state index contributed by atoms with van der Waals surface area (Å²) in [6.07, 6.45) is 6.91. The van der Waals surface area contributed by atoms with Crippen molar-refractivity contribution in [3.8, 4) is 0 Å². The van der Waals surface area contributed by atoms with Crippen molar-refractivity contribution < 1.29 is 4.79 Å². The number of carbonyl (C=O) groups is 1. The zero-order chi connectivity index (χ0) is 14.7. The van der Waals surface area contributed by atoms with Crippen molar-refractivity contribution >= 4 is 39.6 Å². The molecule has 21 heavy (non-hydrogen) atoms. The van der Waals surface area contributed by atoms with Crippen LogP contribution in [0.5, 0.6) is 0 Å². The number of nitrogens with one attached hydrogen (secondary N) is 1. The number of nitrogen functional groups attached to an aromatic ring is 1. The zero-order valence-electron chi connectivity index (χ0n) is 12.5. The van der Waals surface area contributed by atoms with Gasteiger partial charge in [0.1, 0.15) is 5.00 Å². The molecule has 4 unspecified atom stereocenters. The van der Waals surface area contributed by atoms with Gasteiger partial charge in [-0.3, -0.25) is 4.79 Å². The van der Waals surface area contributed by atoms with Crippen LogP contribution in [0.15, 0.2) is 4.90 Å². The minimum atomic E-state index is 0.164. The standard InChI is InChI=1S/C16H22N2OS2/c1-3-9(19)14-12(17)15(20-2)16(21-14)18-13-10-7-4-5-8(6-7)11(10)13/h7-8,10-11,13,18H,3-6,17H2,1-2H3. The van der Waals surface area contributed by atoms with E-state index < -0.39 is 0 Å². The number of carbonyl (C=O) groups excluding carboxylic acids is 1. The molecule has 3 saturated carbocycles. The Balaban J connectivity index is 1.57. The maximum atomic E-state index is 12.0. The van der Waals surface area contributed by atoms with Gasteiger partial charge in [-0.05, 0) is 49.2 Å². The second kappa shape index (κ2) is 4.92. The summed E-state index contributed by atoms with van der Waals surface area (Å²) in [6, 6.07) is 0.643. The molecule has 114 valence electrons. The number of nitrogens with two attached hydrogens (primary N) is 1. The van der Waals surface area contributed by atoms with Crippen LogP contribution in [-0.2, 0) is 0 Å². The normalized spacial score (nSPS) is 35.8. The molecule has 0 saturated heterocycles. The van der Waals surface area contributed by atoms with E-state index in [9.17, 15) is 4.79 Å². The van der Waals surface area contributed by atoms with E-state index >= 15 is 0 Å². The van der Waals surface area contributed by atoms with Gasteiger partial charge in [0.15, 0.2) is 5.78 Å². The molecular weight excluding hydrogens is 300 g/mol. The molecule has 3 N–H and O–H groups in total. The van der Waals surface area contributed by atoms with Crippen LogP contribution < -0.4 is 11.1 Å². The van der Waals surface area contributed by atoms with Gasteiger partial charge in [-0.25, -0.2) is 0 Å². The molecule has 0 aromatic carbocycles. The molecule has 0 amide bonds. The molecular formula is C16H22N2OS2. The zero-order valence-corrected chi connectivity index (χ0v) is 14.2. The Morgan fingerprint density at radius 3 is 2.62 bits per heavy atom. The lowest BCUT2D eigenvalue weighted by Gasteiger charge is -2.11. The number of rotatable bonds is 5. The third-order valence-electron chi connectivity index (χ3n) is 5.71. The maximum Gasteiger partial charge on any atom is 0.174 e. The molecule has 1 heterocycles. The molecule has 5 heteroatoms. The topological polar surface area (TPSA) is 55.1 Å². The van der Waals surface area contributed by atoms with Gasteiger partial charge >= 0.3 is 0 Å². The number of thiophene rings is 1. The van der Waals surface area contributed by atoms with Crippen LogP contribution in [0.4, 0.5) is 10.7 Å². The fraction of sp³-hybridized carbons (Fsp3) is 0.688. The number of fused-ring (bicyclic) bond motifs is 5. The summed E-state index contributed by atoms with van der Waals surface area (Å²) in [5, 5.41) is 4.88. The molecule has 3 aliphatic carbocycles. The predicted molar refractivity (Wildman–Crippen MR) is 90.4 cm³/mol. The summed E-state index contributed by atoms with van der Waals surface area (Å²) in [4.78, 5) is 13.8. The fourth-order valence-electron chi connectivity index (χ4n) is 4.76. The van der Waals surface area contributed by atoms with Crippen LogP contribution >= 0.6 is 23.1 Å². The molecule has 0 aliphatic heterocycles. The number of thioether (sulfide) groups is 1. The third kappa shape index (κ3) is 1.96. The van der Waals surface area contributed by atoms with E-state index in [-0.39, 0.29) is 5.78 Å². The molecule has 4 rings (SSSR count). The SMILES string of the molecule is CCC(=O)c1sc(NC2C3C4CCC(C4)C23)c(SC)c1N. The molecule has 2 bridgehead atoms. The van der Waals surface area contributed by atoms with E-state index in [4.69, 9.17) is 5.73 Å². The lowest BCUT2D eigenvalue weighted by atomic mass is 10.0. The molecule has 1 aromatic rings. The first-order valence-corrected chi connectivity index (χ1v) is 9.95. The van der Waals surface area contributed by atoms with E-state index in [1.54, 1.807) is 23.1 Å². The van der Waals surface area contributed by atoms with Crippen molar-refractivity contribution in [2.45, 2.75) is 43.5 Å². The Labute approximate surface area is 134 Å². The van der Waals surface area contributed by atoms with Gasteiger partial charge < -0.3 is 11.1 Å². The largest absolute Gasteiger partial charge is 0.396 e. The summed E-state index contributed by atoms with van der Waals surface area (Å²) in [6.45, 7) is 1.90. The van der Waals surface area contributed by atoms with E-state index in [1.807, 2.05) is 13.2 Å². The first kappa shape index (κ1) is 13.9. The lowest BCUT2D eigenvalue weighted by molar-refractivity contribution is 0.0992. The number of anilines is 2. The predicted octanol–water partition coefficient (Wildman–Crippen LogP) is 4.10. The Bertz CT molecular complexity index is 581. The molecule has 4 atom stereocenters. The molecule has 3 nitrogen and oxygen atoms in total. The first-order valence-electron chi connectivity index (χ1n) is 7.91. The van der Waals surface area contributed by atoms with Crippen LogP contribution in [-0.4, -0.2) is 18.1 Å². The van der Waals surface area contributed by atoms with Gasteiger partial charge in [-0.15, -0.1) is 23.1 Å². The smallest absolute Gasteiger partial charge is 0.174 e. The summed E-state index contributed by atoms with van der Waals surface area (Å²) < 4.78 is 0. The van der Waals surface area contributed by atoms with Gasteiger partial charge in [-0.2, -0.15) is 0 Å². The molecule has 3 aliphatic rings. The van der Waals surface area contributed by atoms with Crippen molar-refractivity contribution in [1.82, 2.24) is 0 Å². The Morgan fingerprint density at radius 1 is 1.38 bits per heavy atom. The van der Waals surface area contributed by atoms with E-state index in [0.717, 1.165) is 38.4 Å². The van der Waals surface area contributed by atoms with Gasteiger partial charge in [-0.1, -0.05) is 6.92 Å². The van der Waals surface area contributed by atoms with Crippen LogP contribution in [0.25, 0.3) is 0 Å². The molecule has 0 spiro atoms. The third-order valence-corrected chi connectivity index (χ3v) is 7.85. The summed E-state index contributed by atoms with van der Waals surface area (Å²) in [7, 11) is 0. The highest BCUT2D eigenvalue weighted by molar-refractivity contribution is 7.99. The lowest BCUT2D eigenvalue weighted by Crippen LogP contribution is -2.12. The monoisotopic (exact) mass is 322 g/mol. The first-order chi connectivity index (χ1) is 10.2. The second-order valence-electron chi connectivity index (χ2n) is 6.64. The fourth-order valence-corrected chi connectivity index (χ4v) is 6.84. The van der Waals surface area contributed by atoms with E-state index in [0.29, 0.717) is 18.2 Å². The highest BCUT2D eigenvalue weighted by Gasteiger charge is 2.65. The van der Waals surface area contributed by atoms with Crippen molar-refractivity contribution in [2.75, 3.05) is 17.3 Å². The van der Waals surface area contributed by atoms with Crippen molar-refractivity contribution in [3.05, 3.63) is 4.88 Å². The molecule has 1 aromatic heterocycles. The average molecular weight is 322 g/mol.